The fourth-order valence-electron chi connectivity index (χ4n) is 2.95. The number of urea groups is 1. The minimum atomic E-state index is -0.170. The highest BCUT2D eigenvalue weighted by Crippen LogP contribution is 2.30. The van der Waals surface area contributed by atoms with Crippen LogP contribution < -0.4 is 10.6 Å². The van der Waals surface area contributed by atoms with Gasteiger partial charge in [-0.2, -0.15) is 15.0 Å². The second-order valence-electron chi connectivity index (χ2n) is 5.79. The van der Waals surface area contributed by atoms with Crippen LogP contribution in [0.2, 0.25) is 0 Å². The number of aryl methyl sites for hydroxylation is 2. The molecule has 3 rings (SSSR count). The van der Waals surface area contributed by atoms with Gasteiger partial charge in [-0.25, -0.2) is 4.79 Å². The van der Waals surface area contributed by atoms with Crippen LogP contribution in [0.1, 0.15) is 42.1 Å². The van der Waals surface area contributed by atoms with E-state index in [-0.39, 0.29) is 12.1 Å². The fourth-order valence-corrected chi connectivity index (χ4v) is 3.36. The van der Waals surface area contributed by atoms with Gasteiger partial charge in [-0.05, 0) is 42.5 Å². The summed E-state index contributed by atoms with van der Waals surface area (Å²) in [6.45, 7) is 0.375. The van der Waals surface area contributed by atoms with Gasteiger partial charge < -0.3 is 10.6 Å². The van der Waals surface area contributed by atoms with Crippen LogP contribution in [0, 0.1) is 0 Å². The quantitative estimate of drug-likeness (QED) is 0.807. The van der Waals surface area contributed by atoms with Crippen LogP contribution in [-0.2, 0) is 20.0 Å². The molecule has 0 radical (unpaired) electrons. The Kier molecular flexibility index (Phi) is 4.95. The summed E-state index contributed by atoms with van der Waals surface area (Å²) in [7, 11) is 1.75. The third-order valence-corrected chi connectivity index (χ3v) is 4.55. The molecule has 1 unspecified atom stereocenters. The second-order valence-corrected chi connectivity index (χ2v) is 6.71. The first-order chi connectivity index (χ1) is 11.1. The highest BCUT2D eigenvalue weighted by atomic mass is 79.9. The zero-order valence-electron chi connectivity index (χ0n) is 13.1. The van der Waals surface area contributed by atoms with Crippen LogP contribution in [0.25, 0.3) is 0 Å². The predicted octanol–water partition coefficient (Wildman–Crippen LogP) is 2.84. The number of amides is 2. The Labute approximate surface area is 143 Å². The largest absolute Gasteiger partial charge is 0.332 e. The summed E-state index contributed by atoms with van der Waals surface area (Å²) in [5, 5.41) is 14.1. The molecule has 1 aromatic carbocycles. The number of halogens is 1. The minimum Gasteiger partial charge on any atom is -0.332 e. The average Bonchev–Trinajstić information content (AvgIpc) is 2.84. The zero-order valence-corrected chi connectivity index (χ0v) is 14.6. The summed E-state index contributed by atoms with van der Waals surface area (Å²) in [6, 6.07) is 6.19. The fraction of sp³-hybridized carbons (Fsp3) is 0.438. The summed E-state index contributed by atoms with van der Waals surface area (Å²) in [4.78, 5) is 13.7. The molecule has 1 heterocycles. The first-order valence-electron chi connectivity index (χ1n) is 7.80. The van der Waals surface area contributed by atoms with Crippen molar-refractivity contribution in [2.24, 2.45) is 7.05 Å². The molecule has 1 atom stereocenters. The van der Waals surface area contributed by atoms with Crippen LogP contribution in [-0.4, -0.2) is 21.0 Å². The van der Waals surface area contributed by atoms with Gasteiger partial charge in [0.15, 0.2) is 0 Å². The molecule has 122 valence electrons. The topological polar surface area (TPSA) is 71.8 Å². The van der Waals surface area contributed by atoms with Gasteiger partial charge in [0.1, 0.15) is 5.69 Å². The Morgan fingerprint density at radius 3 is 3.09 bits per heavy atom. The van der Waals surface area contributed by atoms with Gasteiger partial charge in [-0.1, -0.05) is 28.4 Å². The van der Waals surface area contributed by atoms with Crippen molar-refractivity contribution in [1.82, 2.24) is 25.6 Å². The lowest BCUT2D eigenvalue weighted by Crippen LogP contribution is -2.37. The van der Waals surface area contributed by atoms with Gasteiger partial charge in [0.05, 0.1) is 18.8 Å². The van der Waals surface area contributed by atoms with Crippen LogP contribution in [0.4, 0.5) is 4.79 Å². The summed E-state index contributed by atoms with van der Waals surface area (Å²) < 4.78 is 1.09. The molecule has 23 heavy (non-hydrogen) atoms. The molecule has 6 nitrogen and oxygen atoms in total. The molecule has 2 N–H and O–H groups in total. The Bertz CT molecular complexity index is 700. The van der Waals surface area contributed by atoms with Gasteiger partial charge >= 0.3 is 6.03 Å². The Hall–Kier alpha value is -1.89. The lowest BCUT2D eigenvalue weighted by atomic mass is 9.99. The number of carbonyl (C=O) groups excluding carboxylic acids is 1. The predicted molar refractivity (Wildman–Crippen MR) is 90.8 cm³/mol. The second kappa shape index (κ2) is 7.12. The molecule has 0 spiro atoms. The van der Waals surface area contributed by atoms with Crippen molar-refractivity contribution < 1.29 is 4.79 Å². The molecule has 1 aliphatic carbocycles. The minimum absolute atomic E-state index is 0.0578. The summed E-state index contributed by atoms with van der Waals surface area (Å²) in [5.74, 6) is 0. The standard InChI is InChI=1S/C16H20BrN5O/c1-22-19-10-13(21-22)9-18-16(23)20-15-5-3-2-4-11-8-12(17)6-7-14(11)15/h6-8,10,15H,2-5,9H2,1H3,(H2,18,20,23). The number of rotatable bonds is 3. The molecular formula is C16H20BrN5O. The van der Waals surface area contributed by atoms with E-state index >= 15 is 0 Å². The Morgan fingerprint density at radius 2 is 2.30 bits per heavy atom. The smallest absolute Gasteiger partial charge is 0.315 e. The normalized spacial score (nSPS) is 17.2. The Balaban J connectivity index is 1.64. The maximum absolute atomic E-state index is 12.2. The van der Waals surface area contributed by atoms with Crippen molar-refractivity contribution >= 4 is 22.0 Å². The van der Waals surface area contributed by atoms with Crippen molar-refractivity contribution in [1.29, 1.82) is 0 Å². The van der Waals surface area contributed by atoms with E-state index in [1.165, 1.54) is 15.9 Å². The van der Waals surface area contributed by atoms with Crippen LogP contribution in [0.5, 0.6) is 0 Å². The Morgan fingerprint density at radius 1 is 1.43 bits per heavy atom. The molecule has 0 bridgehead atoms. The van der Waals surface area contributed by atoms with E-state index in [1.54, 1.807) is 13.2 Å². The maximum Gasteiger partial charge on any atom is 0.315 e. The molecule has 0 fully saturated rings. The summed E-state index contributed by atoms with van der Waals surface area (Å²) in [5.41, 5.74) is 3.28. The van der Waals surface area contributed by atoms with E-state index in [0.29, 0.717) is 6.54 Å². The third kappa shape index (κ3) is 4.10. The van der Waals surface area contributed by atoms with Crippen molar-refractivity contribution in [3.8, 4) is 0 Å². The first kappa shape index (κ1) is 16.0. The monoisotopic (exact) mass is 377 g/mol. The lowest BCUT2D eigenvalue weighted by molar-refractivity contribution is 0.235. The molecule has 0 saturated heterocycles. The molecule has 1 aromatic heterocycles. The van der Waals surface area contributed by atoms with Gasteiger partial charge in [0.2, 0.25) is 0 Å². The molecule has 1 aliphatic rings. The van der Waals surface area contributed by atoms with E-state index in [1.807, 2.05) is 6.07 Å². The maximum atomic E-state index is 12.2. The number of nitrogens with zero attached hydrogens (tertiary/aromatic N) is 3. The molecule has 7 heteroatoms. The first-order valence-corrected chi connectivity index (χ1v) is 8.59. The van der Waals surface area contributed by atoms with Gasteiger partial charge in [0.25, 0.3) is 0 Å². The van der Waals surface area contributed by atoms with Gasteiger partial charge in [-0.15, -0.1) is 0 Å². The third-order valence-electron chi connectivity index (χ3n) is 4.05. The van der Waals surface area contributed by atoms with Gasteiger partial charge in [0, 0.05) is 11.5 Å². The van der Waals surface area contributed by atoms with E-state index in [0.717, 1.165) is 35.8 Å². The van der Waals surface area contributed by atoms with Crippen LogP contribution in [0.15, 0.2) is 28.9 Å². The number of nitrogens with one attached hydrogen (secondary N) is 2. The summed E-state index contributed by atoms with van der Waals surface area (Å²) >= 11 is 3.52. The van der Waals surface area contributed by atoms with E-state index < -0.39 is 0 Å². The molecular weight excluding hydrogens is 358 g/mol. The number of carbonyl (C=O) groups is 1. The number of hydrogen-bond donors (Lipinski definition) is 2. The van der Waals surface area contributed by atoms with Crippen molar-refractivity contribution in [2.75, 3.05) is 0 Å². The average molecular weight is 378 g/mol. The van der Waals surface area contributed by atoms with Crippen LogP contribution >= 0.6 is 15.9 Å². The van der Waals surface area contributed by atoms with E-state index in [9.17, 15) is 4.79 Å². The van der Waals surface area contributed by atoms with Gasteiger partial charge in [-0.3, -0.25) is 0 Å². The molecule has 2 amide bonds. The SMILES string of the molecule is Cn1ncc(CNC(=O)NC2CCCCc3cc(Br)ccc32)n1. The lowest BCUT2D eigenvalue weighted by Gasteiger charge is -2.20. The van der Waals surface area contributed by atoms with Crippen molar-refractivity contribution in [3.63, 3.8) is 0 Å². The van der Waals surface area contributed by atoms with Crippen LogP contribution in [0.3, 0.4) is 0 Å². The number of aromatic nitrogens is 3. The molecule has 0 aliphatic heterocycles. The number of benzene rings is 1. The number of hydrogen-bond acceptors (Lipinski definition) is 3. The van der Waals surface area contributed by atoms with Crippen molar-refractivity contribution in [3.05, 3.63) is 45.7 Å². The molecule has 2 aromatic rings. The van der Waals surface area contributed by atoms with E-state index in [2.05, 4.69) is 48.9 Å². The summed E-state index contributed by atoms with van der Waals surface area (Å²) in [6.07, 6.45) is 5.95. The zero-order chi connectivity index (χ0) is 16.2. The highest BCUT2D eigenvalue weighted by Gasteiger charge is 2.20. The molecule has 0 saturated carbocycles. The van der Waals surface area contributed by atoms with Crippen molar-refractivity contribution in [2.45, 2.75) is 38.3 Å². The highest BCUT2D eigenvalue weighted by molar-refractivity contribution is 9.10. The van der Waals surface area contributed by atoms with E-state index in [4.69, 9.17) is 0 Å². The number of fused-ring (bicyclic) bond motifs is 1.